The van der Waals surface area contributed by atoms with Gasteiger partial charge in [0.05, 0.1) is 30.5 Å². The van der Waals surface area contributed by atoms with E-state index in [1.165, 1.54) is 30.6 Å². The number of ether oxygens (including phenoxy) is 1. The van der Waals surface area contributed by atoms with Gasteiger partial charge >= 0.3 is 0 Å². The van der Waals surface area contributed by atoms with Crippen LogP contribution in [0.4, 0.5) is 11.8 Å². The van der Waals surface area contributed by atoms with Crippen LogP contribution in [0.3, 0.4) is 0 Å². The first kappa shape index (κ1) is 24.2. The number of halogens is 1. The van der Waals surface area contributed by atoms with Crippen LogP contribution < -0.4 is 15.4 Å². The maximum absolute atomic E-state index is 13.7. The van der Waals surface area contributed by atoms with Crippen molar-refractivity contribution < 1.29 is 9.53 Å². The van der Waals surface area contributed by atoms with Crippen molar-refractivity contribution in [1.29, 1.82) is 0 Å². The molecule has 1 fully saturated rings. The number of anilines is 2. The lowest BCUT2D eigenvalue weighted by molar-refractivity contribution is -0.113. The number of H-pyrrole nitrogens is 1. The first-order valence-electron chi connectivity index (χ1n) is 12.3. The molecule has 0 atom stereocenters. The molecule has 1 saturated carbocycles. The molecule has 0 bridgehead atoms. The lowest BCUT2D eigenvalue weighted by Crippen LogP contribution is -2.27. The van der Waals surface area contributed by atoms with Gasteiger partial charge in [-0.15, -0.1) is 0 Å². The van der Waals surface area contributed by atoms with Crippen molar-refractivity contribution in [2.45, 2.75) is 58.9 Å². The topological polar surface area (TPSA) is 123 Å². The predicted octanol–water partition coefficient (Wildman–Crippen LogP) is 4.67. The molecule has 2 aliphatic rings. The largest absolute Gasteiger partial charge is 0.496 e. The second-order valence-electron chi connectivity index (χ2n) is 9.55. The maximum Gasteiger partial charge on any atom is 0.260 e. The van der Waals surface area contributed by atoms with Gasteiger partial charge in [-0.3, -0.25) is 14.7 Å². The van der Waals surface area contributed by atoms with Crippen LogP contribution in [0.15, 0.2) is 12.4 Å². The van der Waals surface area contributed by atoms with Crippen molar-refractivity contribution in [2.24, 2.45) is 5.92 Å². The number of aryl methyl sites for hydroxylation is 2. The van der Waals surface area contributed by atoms with E-state index < -0.39 is 0 Å². The Balaban J connectivity index is 1.46. The van der Waals surface area contributed by atoms with Crippen LogP contribution >= 0.6 is 11.6 Å². The second-order valence-corrected chi connectivity index (χ2v) is 9.91. The molecule has 0 spiro atoms. The number of nitrogens with two attached hydrogens (primary N) is 1. The number of methoxy groups -OCH3 is 1. The van der Waals surface area contributed by atoms with Gasteiger partial charge in [-0.2, -0.15) is 4.98 Å². The molecular weight excluding hydrogens is 478 g/mol. The molecule has 5 rings (SSSR count). The quantitative estimate of drug-likeness (QED) is 0.352. The van der Waals surface area contributed by atoms with Crippen molar-refractivity contribution in [3.63, 3.8) is 0 Å². The highest BCUT2D eigenvalue weighted by molar-refractivity contribution is 6.41. The lowest BCUT2D eigenvalue weighted by atomic mass is 10.0. The normalized spacial score (nSPS) is 16.8. The van der Waals surface area contributed by atoms with Crippen LogP contribution in [0.2, 0.25) is 5.15 Å². The number of aromatic amines is 1. The number of nitrogens with zero attached hydrogens (tertiary/aromatic N) is 5. The van der Waals surface area contributed by atoms with E-state index in [0.29, 0.717) is 28.5 Å². The molecule has 3 aromatic heterocycles. The average Bonchev–Trinajstić information content (AvgIpc) is 3.57. The summed E-state index contributed by atoms with van der Waals surface area (Å²) in [6, 6.07) is 0. The minimum absolute atomic E-state index is 0.00355. The Hall–Kier alpha value is -3.46. The summed E-state index contributed by atoms with van der Waals surface area (Å²) in [5, 5.41) is 0.124. The molecule has 10 heteroatoms. The van der Waals surface area contributed by atoms with Crippen LogP contribution in [0.25, 0.3) is 11.6 Å². The van der Waals surface area contributed by atoms with Gasteiger partial charge in [-0.25, -0.2) is 9.97 Å². The number of amides is 1. The van der Waals surface area contributed by atoms with Gasteiger partial charge in [0.15, 0.2) is 5.82 Å². The molecule has 1 amide bonds. The summed E-state index contributed by atoms with van der Waals surface area (Å²) in [4.78, 5) is 36.0. The van der Waals surface area contributed by atoms with Gasteiger partial charge in [0.1, 0.15) is 16.7 Å². The summed E-state index contributed by atoms with van der Waals surface area (Å²) in [5.74, 6) is 2.21. The van der Waals surface area contributed by atoms with Crippen LogP contribution in [0.5, 0.6) is 5.75 Å². The third kappa shape index (κ3) is 4.55. The molecule has 1 aliphatic carbocycles. The molecule has 36 heavy (non-hydrogen) atoms. The number of rotatable bonds is 7. The van der Waals surface area contributed by atoms with Crippen LogP contribution in [0, 0.1) is 19.8 Å². The molecule has 3 N–H and O–H groups in total. The Morgan fingerprint density at radius 2 is 2.00 bits per heavy atom. The number of carbonyl (C=O) groups is 1. The van der Waals surface area contributed by atoms with Crippen molar-refractivity contribution in [3.05, 3.63) is 51.4 Å². The predicted molar refractivity (Wildman–Crippen MR) is 140 cm³/mol. The van der Waals surface area contributed by atoms with E-state index >= 15 is 0 Å². The number of pyridine rings is 1. The molecular formula is C26H30ClN7O2. The fourth-order valence-electron chi connectivity index (χ4n) is 5.25. The Kier molecular flexibility index (Phi) is 6.66. The minimum Gasteiger partial charge on any atom is -0.496 e. The number of hydrogen-bond donors (Lipinski definition) is 2. The average molecular weight is 508 g/mol. The molecule has 1 aliphatic heterocycles. The van der Waals surface area contributed by atoms with E-state index in [0.717, 1.165) is 41.3 Å². The third-order valence-corrected chi connectivity index (χ3v) is 7.42. The summed E-state index contributed by atoms with van der Waals surface area (Å²) in [7, 11) is 1.62. The number of carbonyl (C=O) groups excluding carboxylic acids is 1. The van der Waals surface area contributed by atoms with Gasteiger partial charge in [0.25, 0.3) is 5.91 Å². The number of imidazole rings is 1. The molecule has 188 valence electrons. The van der Waals surface area contributed by atoms with Crippen LogP contribution in [-0.4, -0.2) is 37.9 Å². The Morgan fingerprint density at radius 1 is 1.22 bits per heavy atom. The third-order valence-electron chi connectivity index (χ3n) is 7.15. The monoisotopic (exact) mass is 507 g/mol. The lowest BCUT2D eigenvalue weighted by Gasteiger charge is -2.19. The standard InChI is InChI=1S/C26H30ClN7O2/c1-14-11-29-19(15(2)22(14)36-3)13-34-24-21(23(27)32-26(28)33-24)18(25(34)35)10-20-30-12-17(31-20)9-8-16-6-4-5-7-16/h10-12,16H,4-9,13H2,1-3H3,(H,30,31)(H2,28,32,33)/b18-10-. The fourth-order valence-corrected chi connectivity index (χ4v) is 5.52. The summed E-state index contributed by atoms with van der Waals surface area (Å²) in [5.41, 5.74) is 10.2. The fraction of sp³-hybridized carbons (Fsp3) is 0.423. The first-order chi connectivity index (χ1) is 17.4. The minimum atomic E-state index is -0.267. The molecule has 0 aromatic carbocycles. The van der Waals surface area contributed by atoms with Crippen molar-refractivity contribution in [2.75, 3.05) is 17.7 Å². The van der Waals surface area contributed by atoms with E-state index in [9.17, 15) is 4.79 Å². The SMILES string of the molecule is COc1c(C)cnc(CN2C(=O)/C(=C\c3ncc(CCC4CCCC4)[nH]3)c3c(Cl)nc(N)nc32)c1C. The van der Waals surface area contributed by atoms with Gasteiger partial charge < -0.3 is 15.5 Å². The van der Waals surface area contributed by atoms with E-state index in [4.69, 9.17) is 22.1 Å². The molecule has 0 radical (unpaired) electrons. The smallest absolute Gasteiger partial charge is 0.260 e. The molecule has 3 aromatic rings. The highest BCUT2D eigenvalue weighted by Crippen LogP contribution is 2.41. The Bertz CT molecular complexity index is 1340. The molecule has 0 unspecified atom stereocenters. The van der Waals surface area contributed by atoms with Crippen molar-refractivity contribution in [3.8, 4) is 5.75 Å². The van der Waals surface area contributed by atoms with E-state index in [1.807, 2.05) is 20.0 Å². The Morgan fingerprint density at radius 3 is 2.75 bits per heavy atom. The van der Waals surface area contributed by atoms with E-state index in [2.05, 4.69) is 24.9 Å². The van der Waals surface area contributed by atoms with Crippen molar-refractivity contribution >= 4 is 40.9 Å². The molecule has 9 nitrogen and oxygen atoms in total. The highest BCUT2D eigenvalue weighted by Gasteiger charge is 2.37. The number of aromatic nitrogens is 5. The second kappa shape index (κ2) is 9.89. The Labute approximate surface area is 215 Å². The van der Waals surface area contributed by atoms with Crippen LogP contribution in [0.1, 0.15) is 66.0 Å². The van der Waals surface area contributed by atoms with Gasteiger partial charge in [0, 0.05) is 29.2 Å². The summed E-state index contributed by atoms with van der Waals surface area (Å²) in [6.07, 6.45) is 12.7. The molecule has 4 heterocycles. The van der Waals surface area contributed by atoms with Gasteiger partial charge in [-0.1, -0.05) is 37.3 Å². The van der Waals surface area contributed by atoms with Crippen molar-refractivity contribution in [1.82, 2.24) is 24.9 Å². The number of nitrogen functional groups attached to an aromatic ring is 1. The van der Waals surface area contributed by atoms with E-state index in [-0.39, 0.29) is 23.6 Å². The summed E-state index contributed by atoms with van der Waals surface area (Å²) in [6.45, 7) is 4.03. The zero-order chi connectivity index (χ0) is 25.4. The molecule has 0 saturated heterocycles. The zero-order valence-corrected chi connectivity index (χ0v) is 21.5. The first-order valence-corrected chi connectivity index (χ1v) is 12.6. The van der Waals surface area contributed by atoms with Gasteiger partial charge in [-0.05, 0) is 38.7 Å². The van der Waals surface area contributed by atoms with Crippen LogP contribution in [-0.2, 0) is 17.8 Å². The summed E-state index contributed by atoms with van der Waals surface area (Å²) >= 11 is 6.48. The number of fused-ring (bicyclic) bond motifs is 1. The van der Waals surface area contributed by atoms with E-state index in [1.54, 1.807) is 19.4 Å². The number of hydrogen-bond acceptors (Lipinski definition) is 7. The summed E-state index contributed by atoms with van der Waals surface area (Å²) < 4.78 is 5.54. The highest BCUT2D eigenvalue weighted by atomic mass is 35.5. The zero-order valence-electron chi connectivity index (χ0n) is 20.8. The van der Waals surface area contributed by atoms with Gasteiger partial charge in [0.2, 0.25) is 5.95 Å². The maximum atomic E-state index is 13.7. The number of nitrogens with one attached hydrogen (secondary N) is 1.